The van der Waals surface area contributed by atoms with Crippen molar-refractivity contribution in [2.24, 2.45) is 0 Å². The molecule has 2 aliphatic heterocycles. The molecular formula is C42H41O24+. The van der Waals surface area contributed by atoms with Crippen molar-refractivity contribution < 1.29 is 118 Å². The van der Waals surface area contributed by atoms with Gasteiger partial charge in [-0.05, 0) is 48.0 Å². The van der Waals surface area contributed by atoms with Crippen molar-refractivity contribution >= 4 is 46.9 Å². The van der Waals surface area contributed by atoms with Gasteiger partial charge in [0.05, 0.1) is 11.6 Å². The van der Waals surface area contributed by atoms with Crippen LogP contribution in [0.3, 0.4) is 0 Å². The Morgan fingerprint density at radius 2 is 1.24 bits per heavy atom. The van der Waals surface area contributed by atoms with Crippen LogP contribution in [0.2, 0.25) is 0 Å². The number of carboxylic acid groups (broad SMARTS) is 2. The first-order chi connectivity index (χ1) is 31.3. The predicted molar refractivity (Wildman–Crippen MR) is 213 cm³/mol. The van der Waals surface area contributed by atoms with Gasteiger partial charge in [0.25, 0.3) is 0 Å². The van der Waals surface area contributed by atoms with E-state index in [0.29, 0.717) is 5.56 Å². The maximum atomic E-state index is 12.6. The predicted octanol–water partition coefficient (Wildman–Crippen LogP) is -0.124. The van der Waals surface area contributed by atoms with Gasteiger partial charge in [-0.2, -0.15) is 0 Å². The third-order valence-corrected chi connectivity index (χ3v) is 9.79. The van der Waals surface area contributed by atoms with Gasteiger partial charge >= 0.3 is 41.2 Å². The van der Waals surface area contributed by atoms with Crippen LogP contribution in [0.25, 0.3) is 28.4 Å². The van der Waals surface area contributed by atoms with Crippen LogP contribution < -0.4 is 9.47 Å². The van der Waals surface area contributed by atoms with Crippen molar-refractivity contribution in [2.75, 3.05) is 13.2 Å². The van der Waals surface area contributed by atoms with E-state index in [-0.39, 0.29) is 33.8 Å². The number of phenolic OH excluding ortho intramolecular Hbond substituents is 4. The van der Waals surface area contributed by atoms with E-state index in [2.05, 4.69) is 0 Å². The fourth-order valence-electron chi connectivity index (χ4n) is 6.54. The maximum absolute atomic E-state index is 12.6. The van der Waals surface area contributed by atoms with E-state index in [4.69, 9.17) is 47.8 Å². The van der Waals surface area contributed by atoms with E-state index in [1.54, 1.807) is 0 Å². The molecule has 0 radical (unpaired) electrons. The molecule has 0 saturated carbocycles. The van der Waals surface area contributed by atoms with Crippen molar-refractivity contribution in [3.8, 4) is 45.8 Å². The van der Waals surface area contributed by atoms with Crippen LogP contribution in [0.5, 0.6) is 34.5 Å². The van der Waals surface area contributed by atoms with Gasteiger partial charge in [-0.1, -0.05) is 6.07 Å². The Labute approximate surface area is 369 Å². The molecule has 3 aromatic carbocycles. The van der Waals surface area contributed by atoms with Gasteiger partial charge in [0.2, 0.25) is 18.3 Å². The number of aromatic hydroxyl groups is 4. The molecule has 2 aliphatic rings. The molecule has 0 bridgehead atoms. The molecule has 0 spiro atoms. The number of carbonyl (C=O) groups excluding carboxylic acids is 3. The van der Waals surface area contributed by atoms with Crippen LogP contribution in [0.15, 0.2) is 71.2 Å². The summed E-state index contributed by atoms with van der Waals surface area (Å²) in [6.07, 6.45) is -19.2. The molecule has 0 amide bonds. The average Bonchev–Trinajstić information content (AvgIpc) is 3.25. The molecule has 24 heteroatoms. The third kappa shape index (κ3) is 11.7. The van der Waals surface area contributed by atoms with Gasteiger partial charge in [-0.15, -0.1) is 0 Å². The quantitative estimate of drug-likeness (QED) is 0.0174. The van der Waals surface area contributed by atoms with E-state index in [0.717, 1.165) is 18.2 Å². The number of ether oxygens (including phenoxy) is 7. The van der Waals surface area contributed by atoms with Gasteiger partial charge in [0, 0.05) is 18.2 Å². The topological polar surface area (TPSA) is 384 Å². The number of aliphatic hydroxyl groups is 5. The van der Waals surface area contributed by atoms with E-state index >= 15 is 0 Å². The molecule has 24 nitrogen and oxygen atoms in total. The first kappa shape index (κ1) is 48.1. The Morgan fingerprint density at radius 3 is 1.91 bits per heavy atom. The number of rotatable bonds is 16. The number of esters is 3. The molecule has 1 aromatic heterocycles. The molecule has 4 aromatic rings. The zero-order valence-corrected chi connectivity index (χ0v) is 33.8. The van der Waals surface area contributed by atoms with Crippen molar-refractivity contribution in [3.63, 3.8) is 0 Å². The van der Waals surface area contributed by atoms with Crippen LogP contribution in [-0.4, -0.2) is 161 Å². The zero-order valence-electron chi connectivity index (χ0n) is 33.8. The van der Waals surface area contributed by atoms with E-state index in [1.165, 1.54) is 54.6 Å². The summed E-state index contributed by atoms with van der Waals surface area (Å²) >= 11 is 0. The highest BCUT2D eigenvalue weighted by Crippen LogP contribution is 2.42. The van der Waals surface area contributed by atoms with Crippen LogP contribution in [0.4, 0.5) is 0 Å². The number of carbonyl (C=O) groups is 5. The molecule has 10 atom stereocenters. The largest absolute Gasteiger partial charge is 0.508 e. The summed E-state index contributed by atoms with van der Waals surface area (Å²) < 4.78 is 44.7. The first-order valence-corrected chi connectivity index (χ1v) is 19.4. The van der Waals surface area contributed by atoms with Crippen molar-refractivity contribution in [2.45, 2.75) is 74.3 Å². The summed E-state index contributed by atoms with van der Waals surface area (Å²) in [5, 5.41) is 113. The van der Waals surface area contributed by atoms with Crippen LogP contribution in [-0.2, 0) is 47.7 Å². The number of benzene rings is 3. The lowest BCUT2D eigenvalue weighted by Crippen LogP contribution is -2.61. The summed E-state index contributed by atoms with van der Waals surface area (Å²) in [6.45, 7) is -1.62. The van der Waals surface area contributed by atoms with Gasteiger partial charge in [0.15, 0.2) is 17.6 Å². The lowest BCUT2D eigenvalue weighted by molar-refractivity contribution is -0.282. The lowest BCUT2D eigenvalue weighted by Gasteiger charge is -2.41. The van der Waals surface area contributed by atoms with Crippen LogP contribution in [0.1, 0.15) is 18.4 Å². The number of carboxylic acids is 2. The number of hydrogen-bond donors (Lipinski definition) is 11. The molecule has 2 saturated heterocycles. The second-order valence-corrected chi connectivity index (χ2v) is 14.6. The Balaban J connectivity index is 1.30. The molecule has 2 fully saturated rings. The molecule has 0 aliphatic carbocycles. The van der Waals surface area contributed by atoms with Crippen LogP contribution in [0, 0.1) is 0 Å². The summed E-state index contributed by atoms with van der Waals surface area (Å²) in [7, 11) is 0. The van der Waals surface area contributed by atoms with Gasteiger partial charge in [-0.25, -0.2) is 9.21 Å². The fraction of sp³-hybridized carbons (Fsp3) is 0.333. The van der Waals surface area contributed by atoms with Crippen LogP contribution >= 0.6 is 0 Å². The number of phenols is 4. The molecule has 3 heterocycles. The molecule has 11 N–H and O–H groups in total. The standard InChI is InChI=1S/C42H40O24/c43-19-5-3-18(4-6-19)39-26(63-41-37(57)35(55)34(54)27(64-41)15-59-31(51)8-2-17-1-7-22(45)23(46)9-17)12-21-24(61-39)10-20(44)11-25(21)62-42-38(58)36(56)40(66-33(53)14-30(49)50)28(65-42)16-60-32(52)13-29(47)48/h1-12,27-28,34-38,40-42,54-58H,13-16H2,(H5-,43,44,45,46,47,48,49,50,51)/p+1/t27?,28?,34-,35?,36+,37?,38?,40+,41+,42+/m0/s1. The number of aliphatic carboxylic acids is 2. The number of aliphatic hydroxyl groups excluding tert-OH is 5. The van der Waals surface area contributed by atoms with Crippen molar-refractivity contribution in [1.82, 2.24) is 0 Å². The molecule has 352 valence electrons. The molecular weight excluding hydrogens is 888 g/mol. The van der Waals surface area contributed by atoms with Gasteiger partial charge in [-0.3, -0.25) is 19.2 Å². The second kappa shape index (κ2) is 20.7. The molecule has 6 rings (SSSR count). The second-order valence-electron chi connectivity index (χ2n) is 14.6. The summed E-state index contributed by atoms with van der Waals surface area (Å²) in [5.41, 5.74) is 0.343. The fourth-order valence-corrected chi connectivity index (χ4v) is 6.54. The van der Waals surface area contributed by atoms with E-state index in [9.17, 15) is 69.9 Å². The Morgan fingerprint density at radius 1 is 0.621 bits per heavy atom. The summed E-state index contributed by atoms with van der Waals surface area (Å²) in [4.78, 5) is 59.0. The van der Waals surface area contributed by atoms with E-state index in [1.807, 2.05) is 0 Å². The van der Waals surface area contributed by atoms with Crippen molar-refractivity contribution in [1.29, 1.82) is 0 Å². The third-order valence-electron chi connectivity index (χ3n) is 9.79. The molecule has 5 unspecified atom stereocenters. The minimum atomic E-state index is -2.14. The highest BCUT2D eigenvalue weighted by Gasteiger charge is 2.50. The monoisotopic (exact) mass is 929 g/mol. The van der Waals surface area contributed by atoms with Crippen molar-refractivity contribution in [3.05, 3.63) is 72.3 Å². The Kier molecular flexibility index (Phi) is 15.1. The maximum Gasteiger partial charge on any atom is 0.402 e. The molecule has 66 heavy (non-hydrogen) atoms. The Hall–Kier alpha value is -7.32. The minimum absolute atomic E-state index is 0.111. The van der Waals surface area contributed by atoms with Gasteiger partial charge < -0.3 is 89.3 Å². The smallest absolute Gasteiger partial charge is 0.402 e. The SMILES string of the molecule is O=C(O)CC(=O)OCC1O[C@@H](Oc2cc(O)cc3[o+]c(-c4ccc(O)cc4)c(O[C@@H]4OC(COC(=O)/C=C/c5ccc(O)c(O)c5)[C@H](O)C(O)C4O)cc23)C(O)[C@@H](O)[C@@H]1OC(=O)CC(=O)O. The Bertz CT molecular complexity index is 2470. The lowest BCUT2D eigenvalue weighted by atomic mass is 9.98. The normalized spacial score (nSPS) is 25.2. The zero-order chi connectivity index (χ0) is 48.0. The number of hydrogen-bond acceptors (Lipinski definition) is 21. The minimum Gasteiger partial charge on any atom is -0.508 e. The first-order valence-electron chi connectivity index (χ1n) is 19.4. The highest BCUT2D eigenvalue weighted by atomic mass is 16.7. The summed E-state index contributed by atoms with van der Waals surface area (Å²) in [5.74, 6) is -9.22. The number of fused-ring (bicyclic) bond motifs is 1. The average molecular weight is 930 g/mol. The van der Waals surface area contributed by atoms with E-state index < -0.39 is 140 Å². The summed E-state index contributed by atoms with van der Waals surface area (Å²) in [6, 6.07) is 12.4. The highest BCUT2D eigenvalue weighted by molar-refractivity contribution is 5.91. The van der Waals surface area contributed by atoms with Gasteiger partial charge in [0.1, 0.15) is 91.4 Å².